The summed E-state index contributed by atoms with van der Waals surface area (Å²) in [5.74, 6) is 1.04. The lowest BCUT2D eigenvalue weighted by atomic mass is 9.67. The average Bonchev–Trinajstić information content (AvgIpc) is 2.67. The first kappa shape index (κ1) is 21.9. The summed E-state index contributed by atoms with van der Waals surface area (Å²) in [6.07, 6.45) is 12.9. The Morgan fingerprint density at radius 1 is 1.22 bits per heavy atom. The SMILES string of the molecule is C=CCc1ccc(CCCC(CC)CCC2(C(C)=O)CCC(O)CC2)cc1. The van der Waals surface area contributed by atoms with Gasteiger partial charge in [0.05, 0.1) is 6.10 Å². The molecule has 0 saturated heterocycles. The number of rotatable bonds is 11. The number of hydrogen-bond acceptors (Lipinski definition) is 2. The molecule has 1 atom stereocenters. The van der Waals surface area contributed by atoms with Gasteiger partial charge in [0, 0.05) is 5.41 Å². The fourth-order valence-corrected chi connectivity index (χ4v) is 4.57. The van der Waals surface area contributed by atoms with Crippen LogP contribution in [0.4, 0.5) is 0 Å². The molecule has 150 valence electrons. The number of Topliss-reactive ketones (excluding diaryl/α,β-unsaturated/α-hetero) is 1. The maximum Gasteiger partial charge on any atom is 0.135 e. The lowest BCUT2D eigenvalue weighted by Crippen LogP contribution is -2.36. The van der Waals surface area contributed by atoms with E-state index in [0.29, 0.717) is 11.7 Å². The predicted octanol–water partition coefficient (Wildman–Crippen LogP) is 6.05. The van der Waals surface area contributed by atoms with Crippen molar-refractivity contribution in [2.45, 2.75) is 90.6 Å². The summed E-state index contributed by atoms with van der Waals surface area (Å²) in [6.45, 7) is 7.83. The van der Waals surface area contributed by atoms with Crippen LogP contribution in [0.3, 0.4) is 0 Å². The number of ketones is 1. The molecule has 0 spiro atoms. The van der Waals surface area contributed by atoms with Gasteiger partial charge in [0.15, 0.2) is 0 Å². The molecule has 1 aromatic rings. The molecule has 1 fully saturated rings. The van der Waals surface area contributed by atoms with Crippen molar-refractivity contribution < 1.29 is 9.90 Å². The normalized spacial score (nSPS) is 23.7. The zero-order chi connectivity index (χ0) is 19.7. The van der Waals surface area contributed by atoms with E-state index in [1.165, 1.54) is 30.4 Å². The molecule has 0 aliphatic heterocycles. The Balaban J connectivity index is 1.79. The topological polar surface area (TPSA) is 37.3 Å². The summed E-state index contributed by atoms with van der Waals surface area (Å²) in [6, 6.07) is 8.92. The van der Waals surface area contributed by atoms with E-state index in [9.17, 15) is 9.90 Å². The van der Waals surface area contributed by atoms with Gasteiger partial charge in [-0.25, -0.2) is 0 Å². The number of allylic oxidation sites excluding steroid dienone is 1. The largest absolute Gasteiger partial charge is 0.393 e. The molecular weight excluding hydrogens is 332 g/mol. The van der Waals surface area contributed by atoms with Gasteiger partial charge in [-0.3, -0.25) is 4.79 Å². The molecule has 1 unspecified atom stereocenters. The minimum absolute atomic E-state index is 0.159. The number of aliphatic hydroxyl groups is 1. The molecule has 2 rings (SSSR count). The van der Waals surface area contributed by atoms with Crippen LogP contribution in [0, 0.1) is 11.3 Å². The van der Waals surface area contributed by atoms with Crippen molar-refractivity contribution in [3.63, 3.8) is 0 Å². The summed E-state index contributed by atoms with van der Waals surface area (Å²) in [7, 11) is 0. The Morgan fingerprint density at radius 2 is 1.85 bits per heavy atom. The molecule has 2 heteroatoms. The van der Waals surface area contributed by atoms with E-state index in [0.717, 1.165) is 51.4 Å². The summed E-state index contributed by atoms with van der Waals surface area (Å²) in [4.78, 5) is 12.3. The fourth-order valence-electron chi connectivity index (χ4n) is 4.57. The average molecular weight is 371 g/mol. The maximum absolute atomic E-state index is 12.3. The van der Waals surface area contributed by atoms with Crippen LogP contribution in [0.1, 0.15) is 82.8 Å². The van der Waals surface area contributed by atoms with Gasteiger partial charge in [0.2, 0.25) is 0 Å². The molecule has 1 aliphatic rings. The highest BCUT2D eigenvalue weighted by atomic mass is 16.3. The van der Waals surface area contributed by atoms with Crippen molar-refractivity contribution in [2.24, 2.45) is 11.3 Å². The summed E-state index contributed by atoms with van der Waals surface area (Å²) < 4.78 is 0. The van der Waals surface area contributed by atoms with Gasteiger partial charge >= 0.3 is 0 Å². The highest BCUT2D eigenvalue weighted by Crippen LogP contribution is 2.42. The molecule has 0 radical (unpaired) electrons. The minimum Gasteiger partial charge on any atom is -0.393 e. The molecule has 1 N–H and O–H groups in total. The molecule has 1 aliphatic carbocycles. The first-order valence-electron chi connectivity index (χ1n) is 10.9. The van der Waals surface area contributed by atoms with E-state index in [4.69, 9.17) is 0 Å². The van der Waals surface area contributed by atoms with Crippen molar-refractivity contribution in [2.75, 3.05) is 0 Å². The van der Waals surface area contributed by atoms with Crippen LogP contribution in [-0.4, -0.2) is 17.0 Å². The third-order valence-electron chi connectivity index (χ3n) is 6.75. The third kappa shape index (κ3) is 6.60. The van der Waals surface area contributed by atoms with Crippen molar-refractivity contribution >= 4 is 5.78 Å². The van der Waals surface area contributed by atoms with E-state index in [1.54, 1.807) is 6.92 Å². The standard InChI is InChI=1S/C25H38O2/c1-4-7-22-10-12-23(13-11-22)9-6-8-21(5-2)14-17-25(20(3)26)18-15-24(27)16-19-25/h4,10-13,21,24,27H,1,5-9,14-19H2,2-3H3. The fraction of sp³-hybridized carbons (Fsp3) is 0.640. The van der Waals surface area contributed by atoms with Crippen LogP contribution in [0.15, 0.2) is 36.9 Å². The highest BCUT2D eigenvalue weighted by Gasteiger charge is 2.38. The number of hydrogen-bond donors (Lipinski definition) is 1. The number of carbonyl (C=O) groups excluding carboxylic acids is 1. The monoisotopic (exact) mass is 370 g/mol. The Kier molecular flexibility index (Phi) is 8.76. The molecule has 0 amide bonds. The molecule has 1 saturated carbocycles. The smallest absolute Gasteiger partial charge is 0.135 e. The van der Waals surface area contributed by atoms with Crippen LogP contribution in [-0.2, 0) is 17.6 Å². The molecular formula is C25H38O2. The van der Waals surface area contributed by atoms with E-state index >= 15 is 0 Å². The molecule has 2 nitrogen and oxygen atoms in total. The second kappa shape index (κ2) is 10.8. The highest BCUT2D eigenvalue weighted by molar-refractivity contribution is 5.82. The minimum atomic E-state index is -0.197. The van der Waals surface area contributed by atoms with Crippen molar-refractivity contribution in [3.8, 4) is 0 Å². The van der Waals surface area contributed by atoms with Crippen molar-refractivity contribution in [1.29, 1.82) is 0 Å². The lowest BCUT2D eigenvalue weighted by molar-refractivity contribution is -0.130. The van der Waals surface area contributed by atoms with Crippen LogP contribution < -0.4 is 0 Å². The lowest BCUT2D eigenvalue weighted by Gasteiger charge is -2.38. The quantitative estimate of drug-likeness (QED) is 0.481. The summed E-state index contributed by atoms with van der Waals surface area (Å²) in [5, 5.41) is 9.80. The van der Waals surface area contributed by atoms with Gasteiger partial charge in [-0.2, -0.15) is 0 Å². The molecule has 0 heterocycles. The molecule has 1 aromatic carbocycles. The second-order valence-corrected chi connectivity index (χ2v) is 8.58. The van der Waals surface area contributed by atoms with Gasteiger partial charge in [-0.1, -0.05) is 50.1 Å². The molecule has 0 bridgehead atoms. The van der Waals surface area contributed by atoms with Crippen LogP contribution in [0.5, 0.6) is 0 Å². The Bertz CT molecular complexity index is 579. The number of benzene rings is 1. The zero-order valence-electron chi connectivity index (χ0n) is 17.4. The predicted molar refractivity (Wildman–Crippen MR) is 114 cm³/mol. The number of carbonyl (C=O) groups is 1. The number of aryl methyl sites for hydroxylation is 1. The summed E-state index contributed by atoms with van der Waals surface area (Å²) in [5.41, 5.74) is 2.58. The van der Waals surface area contributed by atoms with E-state index in [-0.39, 0.29) is 11.5 Å². The Morgan fingerprint density at radius 3 is 2.41 bits per heavy atom. The van der Waals surface area contributed by atoms with Gasteiger partial charge in [0.25, 0.3) is 0 Å². The maximum atomic E-state index is 12.3. The second-order valence-electron chi connectivity index (χ2n) is 8.58. The zero-order valence-corrected chi connectivity index (χ0v) is 17.4. The van der Waals surface area contributed by atoms with Gasteiger partial charge in [0.1, 0.15) is 5.78 Å². The van der Waals surface area contributed by atoms with E-state index < -0.39 is 0 Å². The molecule has 0 aromatic heterocycles. The Hall–Kier alpha value is -1.41. The van der Waals surface area contributed by atoms with Crippen LogP contribution >= 0.6 is 0 Å². The van der Waals surface area contributed by atoms with Gasteiger partial charge in [-0.15, -0.1) is 6.58 Å². The Labute approximate surface area is 166 Å². The van der Waals surface area contributed by atoms with E-state index in [1.807, 2.05) is 6.08 Å². The third-order valence-corrected chi connectivity index (χ3v) is 6.75. The molecule has 27 heavy (non-hydrogen) atoms. The van der Waals surface area contributed by atoms with Gasteiger partial charge < -0.3 is 5.11 Å². The summed E-state index contributed by atoms with van der Waals surface area (Å²) >= 11 is 0. The first-order chi connectivity index (χ1) is 13.0. The van der Waals surface area contributed by atoms with E-state index in [2.05, 4.69) is 37.8 Å². The van der Waals surface area contributed by atoms with Crippen LogP contribution in [0.2, 0.25) is 0 Å². The van der Waals surface area contributed by atoms with Gasteiger partial charge in [-0.05, 0) is 81.8 Å². The van der Waals surface area contributed by atoms with Crippen LogP contribution in [0.25, 0.3) is 0 Å². The van der Waals surface area contributed by atoms with Crippen molar-refractivity contribution in [3.05, 3.63) is 48.0 Å². The number of aliphatic hydroxyl groups excluding tert-OH is 1. The first-order valence-corrected chi connectivity index (χ1v) is 10.9. The van der Waals surface area contributed by atoms with Crippen molar-refractivity contribution in [1.82, 2.24) is 0 Å².